The normalized spacial score (nSPS) is 12.4. The Morgan fingerprint density at radius 3 is 2.50 bits per heavy atom. The molecule has 0 bridgehead atoms. The number of hydrogen-bond acceptors (Lipinski definition) is 2. The van der Waals surface area contributed by atoms with E-state index in [2.05, 4.69) is 17.2 Å². The molecular formula is C16H18F2N2. The summed E-state index contributed by atoms with van der Waals surface area (Å²) in [6, 6.07) is 7.91. The molecule has 0 saturated heterocycles. The second-order valence-electron chi connectivity index (χ2n) is 4.73. The van der Waals surface area contributed by atoms with Crippen molar-refractivity contribution >= 4 is 0 Å². The van der Waals surface area contributed by atoms with Crippen LogP contribution in [0.5, 0.6) is 0 Å². The highest BCUT2D eigenvalue weighted by molar-refractivity contribution is 5.23. The van der Waals surface area contributed by atoms with E-state index in [-0.39, 0.29) is 6.04 Å². The molecule has 0 spiro atoms. The molecular weight excluding hydrogens is 258 g/mol. The van der Waals surface area contributed by atoms with E-state index >= 15 is 0 Å². The highest BCUT2D eigenvalue weighted by atomic mass is 19.2. The van der Waals surface area contributed by atoms with Crippen molar-refractivity contribution in [1.29, 1.82) is 0 Å². The van der Waals surface area contributed by atoms with E-state index in [9.17, 15) is 8.78 Å². The van der Waals surface area contributed by atoms with Gasteiger partial charge in [-0.25, -0.2) is 8.78 Å². The van der Waals surface area contributed by atoms with Gasteiger partial charge in [-0.2, -0.15) is 0 Å². The summed E-state index contributed by atoms with van der Waals surface area (Å²) < 4.78 is 26.3. The summed E-state index contributed by atoms with van der Waals surface area (Å²) in [5.74, 6) is -1.65. The third-order valence-corrected chi connectivity index (χ3v) is 3.40. The highest BCUT2D eigenvalue weighted by Gasteiger charge is 2.13. The van der Waals surface area contributed by atoms with Crippen LogP contribution in [0.4, 0.5) is 8.78 Å². The zero-order chi connectivity index (χ0) is 14.5. The maximum absolute atomic E-state index is 13.3. The Kier molecular flexibility index (Phi) is 4.79. The Morgan fingerprint density at radius 1 is 1.15 bits per heavy atom. The molecule has 1 unspecified atom stereocenters. The van der Waals surface area contributed by atoms with Gasteiger partial charge in [0.05, 0.1) is 0 Å². The number of halogens is 2. The van der Waals surface area contributed by atoms with Crippen molar-refractivity contribution in [2.45, 2.75) is 25.8 Å². The molecule has 0 aliphatic rings. The first-order valence-corrected chi connectivity index (χ1v) is 6.70. The molecule has 4 heteroatoms. The summed E-state index contributed by atoms with van der Waals surface area (Å²) in [6.45, 7) is 2.08. The van der Waals surface area contributed by atoms with Crippen LogP contribution in [0, 0.1) is 11.6 Å². The third kappa shape index (κ3) is 3.39. The number of benzene rings is 1. The zero-order valence-electron chi connectivity index (χ0n) is 11.7. The fourth-order valence-electron chi connectivity index (χ4n) is 2.11. The molecule has 0 fully saturated rings. The largest absolute Gasteiger partial charge is 0.313 e. The predicted molar refractivity (Wildman–Crippen MR) is 75.5 cm³/mol. The van der Waals surface area contributed by atoms with Crippen LogP contribution in [0.3, 0.4) is 0 Å². The van der Waals surface area contributed by atoms with E-state index in [4.69, 9.17) is 0 Å². The van der Waals surface area contributed by atoms with Gasteiger partial charge < -0.3 is 5.32 Å². The number of hydrogen-bond donors (Lipinski definition) is 1. The molecule has 1 heterocycles. The average molecular weight is 276 g/mol. The summed E-state index contributed by atoms with van der Waals surface area (Å²) in [7, 11) is 1.80. The van der Waals surface area contributed by atoms with E-state index in [1.165, 1.54) is 11.6 Å². The molecule has 1 aromatic heterocycles. The molecule has 2 aromatic rings. The number of rotatable bonds is 5. The minimum absolute atomic E-state index is 0.0925. The van der Waals surface area contributed by atoms with Crippen molar-refractivity contribution in [2.75, 3.05) is 7.05 Å². The Morgan fingerprint density at radius 2 is 1.95 bits per heavy atom. The summed E-state index contributed by atoms with van der Waals surface area (Å²) >= 11 is 0. The second kappa shape index (κ2) is 6.57. The number of aromatic nitrogens is 1. The Balaban J connectivity index is 2.16. The molecule has 20 heavy (non-hydrogen) atoms. The molecule has 0 amide bonds. The minimum atomic E-state index is -0.825. The fraction of sp³-hybridized carbons (Fsp3) is 0.312. The Labute approximate surface area is 117 Å². The van der Waals surface area contributed by atoms with Crippen LogP contribution in [-0.2, 0) is 12.8 Å². The van der Waals surface area contributed by atoms with Gasteiger partial charge in [-0.15, -0.1) is 0 Å². The van der Waals surface area contributed by atoms with Gasteiger partial charge in [0.25, 0.3) is 0 Å². The maximum atomic E-state index is 13.3. The Hall–Kier alpha value is -1.81. The summed E-state index contributed by atoms with van der Waals surface area (Å²) in [4.78, 5) is 4.39. The lowest BCUT2D eigenvalue weighted by atomic mass is 10.0. The van der Waals surface area contributed by atoms with E-state index in [1.54, 1.807) is 13.1 Å². The number of pyridine rings is 1. The van der Waals surface area contributed by atoms with Crippen LogP contribution in [0.1, 0.15) is 29.8 Å². The lowest BCUT2D eigenvalue weighted by Crippen LogP contribution is -2.19. The molecule has 0 saturated carbocycles. The SMILES string of the molecule is CCc1ccc(CC(NC)c2ccc(F)c(F)c2)nc1. The minimum Gasteiger partial charge on any atom is -0.313 e. The summed E-state index contributed by atoms with van der Waals surface area (Å²) in [5, 5.41) is 3.11. The lowest BCUT2D eigenvalue weighted by molar-refractivity contribution is 0.500. The van der Waals surface area contributed by atoms with Crippen molar-refractivity contribution < 1.29 is 8.78 Å². The van der Waals surface area contributed by atoms with E-state index in [1.807, 2.05) is 18.3 Å². The maximum Gasteiger partial charge on any atom is 0.159 e. The highest BCUT2D eigenvalue weighted by Crippen LogP contribution is 2.19. The molecule has 106 valence electrons. The molecule has 1 atom stereocenters. The van der Waals surface area contributed by atoms with Gasteiger partial charge in [0.15, 0.2) is 11.6 Å². The molecule has 2 nitrogen and oxygen atoms in total. The van der Waals surface area contributed by atoms with Gasteiger partial charge in [-0.05, 0) is 42.8 Å². The van der Waals surface area contributed by atoms with Gasteiger partial charge in [-0.1, -0.05) is 19.1 Å². The smallest absolute Gasteiger partial charge is 0.159 e. The first kappa shape index (κ1) is 14.6. The van der Waals surface area contributed by atoms with E-state index in [0.717, 1.165) is 18.2 Å². The summed E-state index contributed by atoms with van der Waals surface area (Å²) in [6.07, 6.45) is 3.44. The standard InChI is InChI=1S/C16H18F2N2/c1-3-11-4-6-13(20-10-11)9-16(19-2)12-5-7-14(17)15(18)8-12/h4-8,10,16,19H,3,9H2,1-2H3. The molecule has 2 rings (SSSR count). The molecule has 0 radical (unpaired) electrons. The lowest BCUT2D eigenvalue weighted by Gasteiger charge is -2.16. The molecule has 1 aromatic carbocycles. The van der Waals surface area contributed by atoms with Crippen molar-refractivity contribution in [2.24, 2.45) is 0 Å². The van der Waals surface area contributed by atoms with Crippen molar-refractivity contribution in [3.8, 4) is 0 Å². The zero-order valence-corrected chi connectivity index (χ0v) is 11.7. The van der Waals surface area contributed by atoms with Crippen LogP contribution >= 0.6 is 0 Å². The number of likely N-dealkylation sites (N-methyl/N-ethyl adjacent to an activating group) is 1. The first-order valence-electron chi connectivity index (χ1n) is 6.70. The molecule has 1 N–H and O–H groups in total. The first-order chi connectivity index (χ1) is 9.63. The predicted octanol–water partition coefficient (Wildman–Crippen LogP) is 3.43. The van der Waals surface area contributed by atoms with Crippen molar-refractivity contribution in [1.82, 2.24) is 10.3 Å². The number of aryl methyl sites for hydroxylation is 1. The van der Waals surface area contributed by atoms with E-state index in [0.29, 0.717) is 12.0 Å². The number of nitrogens with zero attached hydrogens (tertiary/aromatic N) is 1. The van der Waals surface area contributed by atoms with Crippen LogP contribution in [0.2, 0.25) is 0 Å². The second-order valence-corrected chi connectivity index (χ2v) is 4.73. The van der Waals surface area contributed by atoms with Crippen LogP contribution in [0.15, 0.2) is 36.5 Å². The molecule has 0 aliphatic carbocycles. The quantitative estimate of drug-likeness (QED) is 0.905. The van der Waals surface area contributed by atoms with Crippen LogP contribution in [0.25, 0.3) is 0 Å². The van der Waals surface area contributed by atoms with Gasteiger partial charge in [0.2, 0.25) is 0 Å². The van der Waals surface area contributed by atoms with Crippen LogP contribution < -0.4 is 5.32 Å². The average Bonchev–Trinajstić information content (AvgIpc) is 2.48. The van der Waals surface area contributed by atoms with Crippen molar-refractivity contribution in [3.63, 3.8) is 0 Å². The topological polar surface area (TPSA) is 24.9 Å². The monoisotopic (exact) mass is 276 g/mol. The van der Waals surface area contributed by atoms with E-state index < -0.39 is 11.6 Å². The Bertz CT molecular complexity index is 567. The van der Waals surface area contributed by atoms with Gasteiger partial charge in [-0.3, -0.25) is 4.98 Å². The van der Waals surface area contributed by atoms with Crippen LogP contribution in [-0.4, -0.2) is 12.0 Å². The van der Waals surface area contributed by atoms with Gasteiger partial charge in [0.1, 0.15) is 0 Å². The third-order valence-electron chi connectivity index (χ3n) is 3.40. The fourth-order valence-corrected chi connectivity index (χ4v) is 2.11. The van der Waals surface area contributed by atoms with Crippen molar-refractivity contribution in [3.05, 3.63) is 65.0 Å². The number of nitrogens with one attached hydrogen (secondary N) is 1. The van der Waals surface area contributed by atoms with Gasteiger partial charge in [0, 0.05) is 24.4 Å². The van der Waals surface area contributed by atoms with Gasteiger partial charge >= 0.3 is 0 Å². The summed E-state index contributed by atoms with van der Waals surface area (Å²) in [5.41, 5.74) is 2.82. The molecule has 0 aliphatic heterocycles.